The molecule has 150 valence electrons. The van der Waals surface area contributed by atoms with Gasteiger partial charge >= 0.3 is 6.03 Å². The van der Waals surface area contributed by atoms with E-state index in [0.717, 1.165) is 12.5 Å². The first kappa shape index (κ1) is 19.9. The molecule has 2 saturated carbocycles. The van der Waals surface area contributed by atoms with Crippen LogP contribution in [0, 0.1) is 11.3 Å². The molecule has 0 unspecified atom stereocenters. The van der Waals surface area contributed by atoms with Crippen LogP contribution in [0.25, 0.3) is 0 Å². The van der Waals surface area contributed by atoms with E-state index in [2.05, 4.69) is 5.32 Å². The molecular weight excluding hydrogens is 328 g/mol. The van der Waals surface area contributed by atoms with Gasteiger partial charge in [0, 0.05) is 26.7 Å². The summed E-state index contributed by atoms with van der Waals surface area (Å²) in [5.41, 5.74) is -0.431. The molecule has 1 heterocycles. The third-order valence-corrected chi connectivity index (χ3v) is 7.31. The molecule has 2 N–H and O–H groups in total. The normalized spacial score (nSPS) is 26.5. The fourth-order valence-electron chi connectivity index (χ4n) is 5.60. The summed E-state index contributed by atoms with van der Waals surface area (Å²) in [6.07, 6.45) is 14.6. The second-order valence-electron chi connectivity index (χ2n) is 9.06. The van der Waals surface area contributed by atoms with E-state index in [9.17, 15) is 9.90 Å². The molecule has 3 fully saturated rings. The maximum atomic E-state index is 12.7. The number of carbonyl (C=O) groups is 1. The molecule has 1 saturated heterocycles. The van der Waals surface area contributed by atoms with Crippen molar-refractivity contribution in [3.05, 3.63) is 0 Å². The Kier molecular flexibility index (Phi) is 6.84. The highest BCUT2D eigenvalue weighted by molar-refractivity contribution is 5.74. The van der Waals surface area contributed by atoms with Crippen LogP contribution in [0.1, 0.15) is 77.0 Å². The first-order valence-corrected chi connectivity index (χ1v) is 10.8. The molecule has 0 spiro atoms. The van der Waals surface area contributed by atoms with E-state index < -0.39 is 5.60 Å². The number of nitrogens with one attached hydrogen (secondary N) is 1. The van der Waals surface area contributed by atoms with Crippen LogP contribution >= 0.6 is 0 Å². The van der Waals surface area contributed by atoms with Crippen molar-refractivity contribution in [3.63, 3.8) is 0 Å². The van der Waals surface area contributed by atoms with E-state index in [1.807, 2.05) is 4.90 Å². The van der Waals surface area contributed by atoms with Gasteiger partial charge in [0.25, 0.3) is 0 Å². The molecule has 26 heavy (non-hydrogen) atoms. The molecule has 0 radical (unpaired) electrons. The van der Waals surface area contributed by atoms with Crippen LogP contribution in [0.5, 0.6) is 0 Å². The third kappa shape index (κ3) is 4.72. The van der Waals surface area contributed by atoms with Crippen LogP contribution in [0.15, 0.2) is 0 Å². The Morgan fingerprint density at radius 2 is 1.65 bits per heavy atom. The number of carbonyl (C=O) groups excluding carboxylic acids is 1. The van der Waals surface area contributed by atoms with Crippen molar-refractivity contribution in [3.8, 4) is 0 Å². The van der Waals surface area contributed by atoms with Gasteiger partial charge in [0.2, 0.25) is 0 Å². The summed E-state index contributed by atoms with van der Waals surface area (Å²) in [6.45, 7) is 2.42. The summed E-state index contributed by atoms with van der Waals surface area (Å²) in [6, 6.07) is 0.0604. The molecule has 0 aromatic carbocycles. The predicted octanol–water partition coefficient (Wildman–Crippen LogP) is 3.70. The van der Waals surface area contributed by atoms with Gasteiger partial charge in [-0.05, 0) is 49.9 Å². The molecule has 0 aromatic rings. The van der Waals surface area contributed by atoms with E-state index in [1.54, 1.807) is 7.11 Å². The molecule has 3 aliphatic rings. The molecule has 2 amide bonds. The molecule has 1 aliphatic heterocycles. The van der Waals surface area contributed by atoms with Gasteiger partial charge in [-0.3, -0.25) is 0 Å². The van der Waals surface area contributed by atoms with E-state index in [-0.39, 0.29) is 6.03 Å². The van der Waals surface area contributed by atoms with Crippen molar-refractivity contribution in [1.82, 2.24) is 10.2 Å². The second-order valence-corrected chi connectivity index (χ2v) is 9.06. The van der Waals surface area contributed by atoms with Crippen molar-refractivity contribution in [2.75, 3.05) is 33.4 Å². The number of hydrogen-bond acceptors (Lipinski definition) is 3. The first-order chi connectivity index (χ1) is 12.6. The number of piperidine rings is 1. The number of nitrogens with zero attached hydrogens (tertiary/aromatic N) is 1. The zero-order valence-corrected chi connectivity index (χ0v) is 16.6. The number of rotatable bonds is 5. The molecule has 2 aliphatic carbocycles. The SMILES string of the molecule is COCC1(O)CCN(C(=O)NCC2(C3CCCCC3)CCCCC2)CC1. The third-order valence-electron chi connectivity index (χ3n) is 7.31. The van der Waals surface area contributed by atoms with Gasteiger partial charge in [0.1, 0.15) is 0 Å². The Morgan fingerprint density at radius 1 is 1.04 bits per heavy atom. The van der Waals surface area contributed by atoms with Gasteiger partial charge in [-0.15, -0.1) is 0 Å². The quantitative estimate of drug-likeness (QED) is 0.780. The molecule has 5 heteroatoms. The summed E-state index contributed by atoms with van der Waals surface area (Å²) >= 11 is 0. The van der Waals surface area contributed by atoms with Crippen LogP contribution in [0.4, 0.5) is 4.79 Å². The largest absolute Gasteiger partial charge is 0.387 e. The fraction of sp³-hybridized carbons (Fsp3) is 0.952. The number of methoxy groups -OCH3 is 1. The van der Waals surface area contributed by atoms with Crippen molar-refractivity contribution >= 4 is 6.03 Å². The maximum absolute atomic E-state index is 12.7. The molecule has 0 aromatic heterocycles. The van der Waals surface area contributed by atoms with Gasteiger partial charge in [0.05, 0.1) is 12.2 Å². The lowest BCUT2D eigenvalue weighted by Gasteiger charge is -2.46. The summed E-state index contributed by atoms with van der Waals surface area (Å²) in [5, 5.41) is 13.7. The van der Waals surface area contributed by atoms with Gasteiger partial charge in [-0.2, -0.15) is 0 Å². The number of likely N-dealkylation sites (tertiary alicyclic amines) is 1. The minimum absolute atomic E-state index is 0.0604. The summed E-state index contributed by atoms with van der Waals surface area (Å²) < 4.78 is 5.12. The zero-order valence-electron chi connectivity index (χ0n) is 16.6. The Hall–Kier alpha value is -0.810. The van der Waals surface area contributed by atoms with Crippen LogP contribution in [0.3, 0.4) is 0 Å². The van der Waals surface area contributed by atoms with Gasteiger partial charge in [-0.1, -0.05) is 38.5 Å². The highest BCUT2D eigenvalue weighted by Gasteiger charge is 2.41. The average Bonchev–Trinajstić information content (AvgIpc) is 2.68. The van der Waals surface area contributed by atoms with Crippen molar-refractivity contribution in [2.45, 2.75) is 82.7 Å². The Balaban J connectivity index is 1.53. The summed E-state index contributed by atoms with van der Waals surface area (Å²) in [5.74, 6) is 0.796. The minimum Gasteiger partial charge on any atom is -0.387 e. The lowest BCUT2D eigenvalue weighted by atomic mass is 9.61. The summed E-state index contributed by atoms with van der Waals surface area (Å²) in [4.78, 5) is 14.6. The smallest absolute Gasteiger partial charge is 0.317 e. The number of hydrogen-bond donors (Lipinski definition) is 2. The van der Waals surface area contributed by atoms with Crippen LogP contribution in [0.2, 0.25) is 0 Å². The number of urea groups is 1. The Labute approximate surface area is 158 Å². The van der Waals surface area contributed by atoms with Crippen LogP contribution in [-0.4, -0.2) is 55.0 Å². The monoisotopic (exact) mass is 366 g/mol. The van der Waals surface area contributed by atoms with Crippen LogP contribution in [-0.2, 0) is 4.74 Å². The highest BCUT2D eigenvalue weighted by atomic mass is 16.5. The van der Waals surface area contributed by atoms with Crippen LogP contribution < -0.4 is 5.32 Å². The number of aliphatic hydroxyl groups is 1. The first-order valence-electron chi connectivity index (χ1n) is 10.8. The van der Waals surface area contributed by atoms with Crippen molar-refractivity contribution in [1.29, 1.82) is 0 Å². The van der Waals surface area contributed by atoms with E-state index in [1.165, 1.54) is 64.2 Å². The van der Waals surface area contributed by atoms with E-state index in [4.69, 9.17) is 4.74 Å². The van der Waals surface area contributed by atoms with E-state index >= 15 is 0 Å². The lowest BCUT2D eigenvalue weighted by Crippen LogP contribution is -2.53. The predicted molar refractivity (Wildman–Crippen MR) is 103 cm³/mol. The molecule has 0 atom stereocenters. The highest BCUT2D eigenvalue weighted by Crippen LogP contribution is 2.47. The standard InChI is InChI=1S/C21H38N2O3/c1-26-17-21(25)12-14-23(15-13-21)19(24)22-16-20(10-6-3-7-11-20)18-8-4-2-5-9-18/h18,25H,2-17H2,1H3,(H,22,24). The van der Waals surface area contributed by atoms with Gasteiger partial charge < -0.3 is 20.1 Å². The Bertz CT molecular complexity index is 448. The maximum Gasteiger partial charge on any atom is 0.317 e. The van der Waals surface area contributed by atoms with Crippen molar-refractivity contribution in [2.24, 2.45) is 11.3 Å². The molecule has 5 nitrogen and oxygen atoms in total. The summed E-state index contributed by atoms with van der Waals surface area (Å²) in [7, 11) is 1.62. The van der Waals surface area contributed by atoms with Gasteiger partial charge in [-0.25, -0.2) is 4.79 Å². The number of ether oxygens (including phenoxy) is 1. The zero-order chi connectivity index (χ0) is 18.5. The molecule has 0 bridgehead atoms. The van der Waals surface area contributed by atoms with Crippen molar-refractivity contribution < 1.29 is 14.6 Å². The molecular formula is C21H38N2O3. The van der Waals surface area contributed by atoms with E-state index in [0.29, 0.717) is 38.0 Å². The Morgan fingerprint density at radius 3 is 2.27 bits per heavy atom. The topological polar surface area (TPSA) is 61.8 Å². The minimum atomic E-state index is -0.766. The van der Waals surface area contributed by atoms with Gasteiger partial charge in [0.15, 0.2) is 0 Å². The lowest BCUT2D eigenvalue weighted by molar-refractivity contribution is -0.0649. The second kappa shape index (κ2) is 8.92. The number of amides is 2. The average molecular weight is 367 g/mol. The fourth-order valence-corrected chi connectivity index (χ4v) is 5.60. The molecule has 3 rings (SSSR count).